The molecule has 8 nitrogen and oxygen atoms in total. The highest BCUT2D eigenvalue weighted by Gasteiger charge is 2.13. The maximum Gasteiger partial charge on any atom is 0.271 e. The molecule has 0 saturated heterocycles. The van der Waals surface area contributed by atoms with Gasteiger partial charge in [0.1, 0.15) is 17.3 Å². The molecule has 32 heavy (non-hydrogen) atoms. The summed E-state index contributed by atoms with van der Waals surface area (Å²) >= 11 is 17.2. The Balaban J connectivity index is 1.64. The Bertz CT molecular complexity index is 1230. The van der Waals surface area contributed by atoms with E-state index in [-0.39, 0.29) is 16.5 Å². The summed E-state index contributed by atoms with van der Waals surface area (Å²) in [5.41, 5.74) is 0.750. The molecule has 2 aromatic carbocycles. The van der Waals surface area contributed by atoms with Crippen LogP contribution in [0.3, 0.4) is 0 Å². The Labute approximate surface area is 197 Å². The van der Waals surface area contributed by atoms with Gasteiger partial charge in [0.2, 0.25) is 5.91 Å². The van der Waals surface area contributed by atoms with Crippen molar-refractivity contribution in [2.24, 2.45) is 0 Å². The predicted octanol–water partition coefficient (Wildman–Crippen LogP) is 5.70. The van der Waals surface area contributed by atoms with E-state index in [0.29, 0.717) is 32.9 Å². The van der Waals surface area contributed by atoms with Gasteiger partial charge in [-0.25, -0.2) is 0 Å². The summed E-state index contributed by atoms with van der Waals surface area (Å²) in [5.74, 6) is 0.725. The van der Waals surface area contributed by atoms with Crippen LogP contribution in [0.15, 0.2) is 59.0 Å². The van der Waals surface area contributed by atoms with Crippen LogP contribution in [0.1, 0.15) is 5.76 Å². The van der Waals surface area contributed by atoms with Gasteiger partial charge in [-0.05, 0) is 54.7 Å². The van der Waals surface area contributed by atoms with Crippen LogP contribution >= 0.6 is 35.4 Å². The van der Waals surface area contributed by atoms with E-state index in [1.165, 1.54) is 37.5 Å². The molecule has 0 aliphatic heterocycles. The van der Waals surface area contributed by atoms with Crippen LogP contribution in [0.5, 0.6) is 5.75 Å². The molecule has 0 atom stereocenters. The number of nitrogens with one attached hydrogen (secondary N) is 2. The highest BCUT2D eigenvalue weighted by Crippen LogP contribution is 2.32. The lowest BCUT2D eigenvalue weighted by molar-refractivity contribution is -0.384. The number of hydrogen-bond acceptors (Lipinski definition) is 6. The van der Waals surface area contributed by atoms with Crippen LogP contribution in [-0.2, 0) is 4.79 Å². The van der Waals surface area contributed by atoms with E-state index < -0.39 is 10.8 Å². The summed E-state index contributed by atoms with van der Waals surface area (Å²) in [4.78, 5) is 22.6. The van der Waals surface area contributed by atoms with Gasteiger partial charge in [-0.15, -0.1) is 0 Å². The van der Waals surface area contributed by atoms with Crippen molar-refractivity contribution in [3.8, 4) is 17.1 Å². The molecule has 0 fully saturated rings. The number of anilines is 1. The fraction of sp³-hybridized carbons (Fsp3) is 0.0476. The molecule has 0 spiro atoms. The number of methoxy groups -OCH3 is 1. The van der Waals surface area contributed by atoms with E-state index in [2.05, 4.69) is 10.6 Å². The standard InChI is InChI=1S/C21H15Cl2N3O5S/c1-30-19-7-3-13(26(28)29)11-17(19)24-21(32)25-20(27)9-5-14-4-8-18(31-14)15-6-2-12(22)10-16(15)23/h2-11H,1H3,(H2,24,25,27,32)/b9-5+. The number of carbonyl (C=O) groups excluding carboxylic acids is 1. The molecule has 1 heterocycles. The SMILES string of the molecule is COc1ccc([N+](=O)[O-])cc1NC(=S)NC(=O)/C=C/c1ccc(-c2ccc(Cl)cc2Cl)o1. The lowest BCUT2D eigenvalue weighted by Gasteiger charge is -2.11. The largest absolute Gasteiger partial charge is 0.495 e. The monoisotopic (exact) mass is 491 g/mol. The number of nitro groups is 1. The van der Waals surface area contributed by atoms with Crippen LogP contribution in [0.25, 0.3) is 17.4 Å². The zero-order valence-corrected chi connectivity index (χ0v) is 18.8. The summed E-state index contributed by atoms with van der Waals surface area (Å²) in [5, 5.41) is 17.0. The van der Waals surface area contributed by atoms with Crippen LogP contribution < -0.4 is 15.4 Å². The van der Waals surface area contributed by atoms with Crippen molar-refractivity contribution >= 4 is 63.9 Å². The lowest BCUT2D eigenvalue weighted by Crippen LogP contribution is -2.32. The van der Waals surface area contributed by atoms with Gasteiger partial charge in [-0.1, -0.05) is 23.2 Å². The van der Waals surface area contributed by atoms with Crippen LogP contribution in [0, 0.1) is 10.1 Å². The first-order valence-corrected chi connectivity index (χ1v) is 10.1. The number of carbonyl (C=O) groups is 1. The molecule has 0 saturated carbocycles. The van der Waals surface area contributed by atoms with Crippen molar-refractivity contribution in [2.45, 2.75) is 0 Å². The zero-order valence-electron chi connectivity index (χ0n) is 16.4. The van der Waals surface area contributed by atoms with Crippen molar-refractivity contribution < 1.29 is 18.9 Å². The second kappa shape index (κ2) is 10.3. The molecule has 0 radical (unpaired) electrons. The zero-order chi connectivity index (χ0) is 23.3. The Morgan fingerprint density at radius 2 is 1.97 bits per heavy atom. The van der Waals surface area contributed by atoms with Crippen molar-refractivity contribution in [1.82, 2.24) is 5.32 Å². The highest BCUT2D eigenvalue weighted by molar-refractivity contribution is 7.80. The molecule has 1 amide bonds. The summed E-state index contributed by atoms with van der Waals surface area (Å²) < 4.78 is 10.8. The molecule has 1 aromatic heterocycles. The fourth-order valence-corrected chi connectivity index (χ4v) is 3.36. The van der Waals surface area contributed by atoms with Gasteiger partial charge in [-0.3, -0.25) is 20.2 Å². The normalized spacial score (nSPS) is 10.7. The van der Waals surface area contributed by atoms with E-state index in [0.717, 1.165) is 0 Å². The molecule has 3 rings (SSSR count). The van der Waals surface area contributed by atoms with E-state index >= 15 is 0 Å². The van der Waals surface area contributed by atoms with Crippen molar-refractivity contribution in [2.75, 3.05) is 12.4 Å². The second-order valence-electron chi connectivity index (χ2n) is 6.24. The number of amides is 1. The summed E-state index contributed by atoms with van der Waals surface area (Å²) in [6, 6.07) is 12.4. The van der Waals surface area contributed by atoms with Gasteiger partial charge in [0.25, 0.3) is 5.69 Å². The molecule has 164 valence electrons. The van der Waals surface area contributed by atoms with Gasteiger partial charge in [0.05, 0.1) is 22.7 Å². The van der Waals surface area contributed by atoms with Gasteiger partial charge in [-0.2, -0.15) is 0 Å². The van der Waals surface area contributed by atoms with Crippen LogP contribution in [0.2, 0.25) is 10.0 Å². The molecular weight excluding hydrogens is 477 g/mol. The van der Waals surface area contributed by atoms with Gasteiger partial charge >= 0.3 is 0 Å². The van der Waals surface area contributed by atoms with Gasteiger partial charge < -0.3 is 14.5 Å². The molecule has 0 aliphatic rings. The van der Waals surface area contributed by atoms with Gasteiger partial charge in [0.15, 0.2) is 5.11 Å². The van der Waals surface area contributed by atoms with Crippen molar-refractivity contribution in [1.29, 1.82) is 0 Å². The first-order valence-electron chi connectivity index (χ1n) is 8.94. The Morgan fingerprint density at radius 1 is 1.19 bits per heavy atom. The minimum Gasteiger partial charge on any atom is -0.495 e. The number of hydrogen-bond donors (Lipinski definition) is 2. The Morgan fingerprint density at radius 3 is 2.66 bits per heavy atom. The third kappa shape index (κ3) is 5.85. The van der Waals surface area contributed by atoms with Gasteiger partial charge in [0, 0.05) is 28.8 Å². The third-order valence-corrected chi connectivity index (χ3v) is 4.85. The quantitative estimate of drug-likeness (QED) is 0.197. The maximum atomic E-state index is 12.2. The summed E-state index contributed by atoms with van der Waals surface area (Å²) in [7, 11) is 1.41. The van der Waals surface area contributed by atoms with Crippen molar-refractivity contribution in [3.63, 3.8) is 0 Å². The summed E-state index contributed by atoms with van der Waals surface area (Å²) in [6.07, 6.45) is 2.68. The smallest absolute Gasteiger partial charge is 0.271 e. The molecule has 2 N–H and O–H groups in total. The number of non-ortho nitro benzene ring substituents is 1. The number of nitro benzene ring substituents is 1. The fourth-order valence-electron chi connectivity index (χ4n) is 2.65. The van der Waals surface area contributed by atoms with E-state index in [1.54, 1.807) is 30.3 Å². The highest BCUT2D eigenvalue weighted by atomic mass is 35.5. The lowest BCUT2D eigenvalue weighted by atomic mass is 10.2. The van der Waals surface area contributed by atoms with Crippen molar-refractivity contribution in [3.05, 3.63) is 80.5 Å². The first kappa shape index (κ1) is 23.3. The summed E-state index contributed by atoms with van der Waals surface area (Å²) in [6.45, 7) is 0. The molecule has 3 aromatic rings. The number of halogens is 2. The number of rotatable bonds is 6. The number of nitrogens with zero attached hydrogens (tertiary/aromatic N) is 1. The number of thiocarbonyl (C=S) groups is 1. The number of benzene rings is 2. The Hall–Kier alpha value is -3.40. The third-order valence-electron chi connectivity index (χ3n) is 4.10. The molecule has 11 heteroatoms. The molecule has 0 unspecified atom stereocenters. The average molecular weight is 492 g/mol. The second-order valence-corrected chi connectivity index (χ2v) is 7.50. The molecule has 0 aliphatic carbocycles. The number of ether oxygens (including phenoxy) is 1. The van der Waals surface area contributed by atoms with Crippen LogP contribution in [0.4, 0.5) is 11.4 Å². The van der Waals surface area contributed by atoms with Crippen LogP contribution in [-0.4, -0.2) is 23.1 Å². The maximum absolute atomic E-state index is 12.2. The van der Waals surface area contributed by atoms with E-state index in [1.807, 2.05) is 0 Å². The topological polar surface area (TPSA) is 107 Å². The van der Waals surface area contributed by atoms with E-state index in [9.17, 15) is 14.9 Å². The number of furan rings is 1. The minimum atomic E-state index is -0.552. The Kier molecular flexibility index (Phi) is 7.47. The van der Waals surface area contributed by atoms with E-state index in [4.69, 9.17) is 44.6 Å². The first-order chi connectivity index (χ1) is 15.3. The average Bonchev–Trinajstić information content (AvgIpc) is 3.20. The molecular formula is C21H15Cl2N3O5S. The molecule has 0 bridgehead atoms. The predicted molar refractivity (Wildman–Crippen MR) is 127 cm³/mol. The minimum absolute atomic E-state index is 0.0634.